The summed E-state index contributed by atoms with van der Waals surface area (Å²) in [5, 5.41) is 5.08. The molecule has 4 rings (SSSR count). The van der Waals surface area contributed by atoms with Gasteiger partial charge < -0.3 is 5.32 Å². The topological polar surface area (TPSA) is 62.3 Å². The average molecular weight is 380 g/mol. The zero-order valence-electron chi connectivity index (χ0n) is 14.6. The van der Waals surface area contributed by atoms with E-state index in [1.165, 1.54) is 4.90 Å². The predicted octanol–water partition coefficient (Wildman–Crippen LogP) is 4.38. The minimum atomic E-state index is -0.194. The van der Waals surface area contributed by atoms with Gasteiger partial charge in [-0.25, -0.2) is 0 Å². The largest absolute Gasteiger partial charge is 0.384 e. The molecule has 0 fully saturated rings. The Balaban J connectivity index is 1.32. The minimum Gasteiger partial charge on any atom is -0.384 e. The SMILES string of the molecule is O=C1c2ccccc2C(=O)N1CCCCNc1ccnc2cc(Cl)ccc12. The number of halogens is 1. The van der Waals surface area contributed by atoms with Crippen LogP contribution in [0.3, 0.4) is 0 Å². The van der Waals surface area contributed by atoms with E-state index >= 15 is 0 Å². The zero-order valence-corrected chi connectivity index (χ0v) is 15.4. The lowest BCUT2D eigenvalue weighted by Crippen LogP contribution is -2.30. The van der Waals surface area contributed by atoms with Crippen molar-refractivity contribution in [3.8, 4) is 0 Å². The number of unbranched alkanes of at least 4 members (excludes halogenated alkanes) is 1. The van der Waals surface area contributed by atoms with Crippen LogP contribution in [0.4, 0.5) is 5.69 Å². The molecule has 2 aromatic carbocycles. The molecule has 0 saturated heterocycles. The van der Waals surface area contributed by atoms with Crippen LogP contribution >= 0.6 is 11.6 Å². The highest BCUT2D eigenvalue weighted by atomic mass is 35.5. The Hall–Kier alpha value is -2.92. The van der Waals surface area contributed by atoms with Crippen molar-refractivity contribution in [2.75, 3.05) is 18.4 Å². The summed E-state index contributed by atoms with van der Waals surface area (Å²) in [5.41, 5.74) is 2.85. The van der Waals surface area contributed by atoms with Gasteiger partial charge >= 0.3 is 0 Å². The Kier molecular flexibility index (Phi) is 4.77. The van der Waals surface area contributed by atoms with Gasteiger partial charge in [-0.05, 0) is 49.2 Å². The Morgan fingerprint density at radius 3 is 2.44 bits per heavy atom. The summed E-state index contributed by atoms with van der Waals surface area (Å²) in [6.45, 7) is 1.17. The van der Waals surface area contributed by atoms with Gasteiger partial charge in [0.15, 0.2) is 0 Å². The Bertz CT molecular complexity index is 1000. The van der Waals surface area contributed by atoms with Crippen molar-refractivity contribution in [3.63, 3.8) is 0 Å². The summed E-state index contributed by atoms with van der Waals surface area (Å²) in [6, 6.07) is 14.5. The molecule has 0 bridgehead atoms. The fourth-order valence-electron chi connectivity index (χ4n) is 3.34. The van der Waals surface area contributed by atoms with Gasteiger partial charge in [0.05, 0.1) is 16.6 Å². The number of amides is 2. The molecule has 2 heterocycles. The lowest BCUT2D eigenvalue weighted by molar-refractivity contribution is 0.0652. The van der Waals surface area contributed by atoms with Gasteiger partial charge in [0.2, 0.25) is 0 Å². The Labute approximate surface area is 162 Å². The van der Waals surface area contributed by atoms with Gasteiger partial charge in [0, 0.05) is 35.4 Å². The second-order valence-electron chi connectivity index (χ2n) is 6.46. The maximum Gasteiger partial charge on any atom is 0.261 e. The third-order valence-corrected chi connectivity index (χ3v) is 4.94. The standard InChI is InChI=1S/C21H18ClN3O2/c22-14-7-8-17-18(9-11-24-19(17)13-14)23-10-3-4-12-25-20(26)15-5-1-2-6-16(15)21(25)27/h1-2,5-9,11,13H,3-4,10,12H2,(H,23,24). The summed E-state index contributed by atoms with van der Waals surface area (Å²) in [6.07, 6.45) is 3.33. The van der Waals surface area contributed by atoms with E-state index in [0.717, 1.165) is 36.0 Å². The fraction of sp³-hybridized carbons (Fsp3) is 0.190. The molecule has 136 valence electrons. The van der Waals surface area contributed by atoms with Gasteiger partial charge in [0.1, 0.15) is 0 Å². The number of imide groups is 1. The van der Waals surface area contributed by atoms with E-state index in [0.29, 0.717) is 22.7 Å². The van der Waals surface area contributed by atoms with Crippen molar-refractivity contribution in [3.05, 3.63) is 70.9 Å². The molecular weight excluding hydrogens is 362 g/mol. The van der Waals surface area contributed by atoms with Crippen LogP contribution in [0.25, 0.3) is 10.9 Å². The molecule has 0 unspecified atom stereocenters. The highest BCUT2D eigenvalue weighted by Gasteiger charge is 2.34. The zero-order chi connectivity index (χ0) is 18.8. The van der Waals surface area contributed by atoms with Crippen LogP contribution in [0, 0.1) is 0 Å². The van der Waals surface area contributed by atoms with Crippen molar-refractivity contribution in [2.24, 2.45) is 0 Å². The number of aromatic nitrogens is 1. The van der Waals surface area contributed by atoms with E-state index < -0.39 is 0 Å². The van der Waals surface area contributed by atoms with Crippen LogP contribution in [0.5, 0.6) is 0 Å². The van der Waals surface area contributed by atoms with Gasteiger partial charge in [-0.1, -0.05) is 23.7 Å². The Morgan fingerprint density at radius 1 is 0.963 bits per heavy atom. The van der Waals surface area contributed by atoms with Gasteiger partial charge in [-0.2, -0.15) is 0 Å². The minimum absolute atomic E-state index is 0.194. The predicted molar refractivity (Wildman–Crippen MR) is 106 cm³/mol. The molecule has 6 heteroatoms. The molecule has 0 radical (unpaired) electrons. The molecule has 5 nitrogen and oxygen atoms in total. The number of anilines is 1. The molecule has 2 amide bonds. The molecule has 0 saturated carbocycles. The maximum atomic E-state index is 12.3. The maximum absolute atomic E-state index is 12.3. The number of benzene rings is 2. The molecule has 0 aliphatic carbocycles. The number of fused-ring (bicyclic) bond motifs is 2. The van der Waals surface area contributed by atoms with Crippen molar-refractivity contribution < 1.29 is 9.59 Å². The van der Waals surface area contributed by atoms with Crippen molar-refractivity contribution in [1.29, 1.82) is 0 Å². The van der Waals surface area contributed by atoms with Crippen LogP contribution in [-0.2, 0) is 0 Å². The second kappa shape index (κ2) is 7.37. The molecule has 1 aromatic heterocycles. The van der Waals surface area contributed by atoms with Crippen LogP contribution in [0.15, 0.2) is 54.7 Å². The molecule has 1 aliphatic heterocycles. The lowest BCUT2D eigenvalue weighted by atomic mass is 10.1. The summed E-state index contributed by atoms with van der Waals surface area (Å²) in [4.78, 5) is 30.3. The molecule has 27 heavy (non-hydrogen) atoms. The third-order valence-electron chi connectivity index (χ3n) is 4.71. The second-order valence-corrected chi connectivity index (χ2v) is 6.90. The van der Waals surface area contributed by atoms with Crippen LogP contribution < -0.4 is 5.32 Å². The lowest BCUT2D eigenvalue weighted by Gasteiger charge is -2.14. The van der Waals surface area contributed by atoms with E-state index in [1.807, 2.05) is 24.3 Å². The molecule has 3 aromatic rings. The smallest absolute Gasteiger partial charge is 0.261 e. The van der Waals surface area contributed by atoms with E-state index in [4.69, 9.17) is 11.6 Å². The number of nitrogens with zero attached hydrogens (tertiary/aromatic N) is 2. The van der Waals surface area contributed by atoms with Gasteiger partial charge in [0.25, 0.3) is 11.8 Å². The number of hydrogen-bond acceptors (Lipinski definition) is 4. The van der Waals surface area contributed by atoms with E-state index in [1.54, 1.807) is 30.5 Å². The highest BCUT2D eigenvalue weighted by Crippen LogP contribution is 2.25. The van der Waals surface area contributed by atoms with E-state index in [9.17, 15) is 9.59 Å². The number of carbonyl (C=O) groups is 2. The summed E-state index contributed by atoms with van der Waals surface area (Å²) >= 11 is 6.02. The average Bonchev–Trinajstić information content (AvgIpc) is 2.92. The van der Waals surface area contributed by atoms with Crippen LogP contribution in [-0.4, -0.2) is 34.8 Å². The number of rotatable bonds is 6. The first-order valence-electron chi connectivity index (χ1n) is 8.88. The number of nitrogens with one attached hydrogen (secondary N) is 1. The van der Waals surface area contributed by atoms with Crippen LogP contribution in [0.2, 0.25) is 5.02 Å². The third kappa shape index (κ3) is 3.38. The molecule has 1 aliphatic rings. The first-order chi connectivity index (χ1) is 13.1. The quantitative estimate of drug-likeness (QED) is 0.510. The van der Waals surface area contributed by atoms with E-state index in [-0.39, 0.29) is 11.8 Å². The van der Waals surface area contributed by atoms with Crippen LogP contribution in [0.1, 0.15) is 33.6 Å². The number of hydrogen-bond donors (Lipinski definition) is 1. The van der Waals surface area contributed by atoms with Crippen molar-refractivity contribution >= 4 is 40.0 Å². The van der Waals surface area contributed by atoms with Gasteiger partial charge in [-0.15, -0.1) is 0 Å². The monoisotopic (exact) mass is 379 g/mol. The first-order valence-corrected chi connectivity index (χ1v) is 9.26. The molecule has 0 spiro atoms. The highest BCUT2D eigenvalue weighted by molar-refractivity contribution is 6.31. The van der Waals surface area contributed by atoms with E-state index in [2.05, 4.69) is 10.3 Å². The fourth-order valence-corrected chi connectivity index (χ4v) is 3.50. The van der Waals surface area contributed by atoms with Gasteiger partial charge in [-0.3, -0.25) is 19.5 Å². The summed E-state index contributed by atoms with van der Waals surface area (Å²) < 4.78 is 0. The normalized spacial score (nSPS) is 13.3. The number of pyridine rings is 1. The summed E-state index contributed by atoms with van der Waals surface area (Å²) in [7, 11) is 0. The summed E-state index contributed by atoms with van der Waals surface area (Å²) in [5.74, 6) is -0.388. The van der Waals surface area contributed by atoms with Crippen molar-refractivity contribution in [2.45, 2.75) is 12.8 Å². The molecular formula is C21H18ClN3O2. The van der Waals surface area contributed by atoms with Crippen molar-refractivity contribution in [1.82, 2.24) is 9.88 Å². The Morgan fingerprint density at radius 2 is 1.70 bits per heavy atom. The number of carbonyl (C=O) groups excluding carboxylic acids is 2. The molecule has 1 N–H and O–H groups in total. The molecule has 0 atom stereocenters. The first kappa shape index (κ1) is 17.5.